The van der Waals surface area contributed by atoms with E-state index in [0.717, 1.165) is 12.1 Å². The molecule has 2 aromatic rings. The van der Waals surface area contributed by atoms with Crippen molar-refractivity contribution in [3.8, 4) is 5.75 Å². The molecule has 0 saturated carbocycles. The number of alkyl halides is 3. The first-order valence-corrected chi connectivity index (χ1v) is 10.0. The largest absolute Gasteiger partial charge is 0.497 e. The van der Waals surface area contributed by atoms with Gasteiger partial charge in [-0.3, -0.25) is 9.59 Å². The Kier molecular flexibility index (Phi) is 6.57. The third kappa shape index (κ3) is 5.18. The predicted molar refractivity (Wildman–Crippen MR) is 110 cm³/mol. The number of ether oxygens (including phenoxy) is 1. The summed E-state index contributed by atoms with van der Waals surface area (Å²) in [7, 11) is 1.50. The van der Waals surface area contributed by atoms with Gasteiger partial charge in [-0.05, 0) is 43.7 Å². The highest BCUT2D eigenvalue weighted by Gasteiger charge is 2.41. The summed E-state index contributed by atoms with van der Waals surface area (Å²) in [6, 6.07) is 11.5. The fraction of sp³-hybridized carbons (Fsp3) is 0.391. The Labute approximate surface area is 179 Å². The van der Waals surface area contributed by atoms with E-state index in [2.05, 4.69) is 5.32 Å². The van der Waals surface area contributed by atoms with Crippen molar-refractivity contribution in [3.63, 3.8) is 0 Å². The van der Waals surface area contributed by atoms with Gasteiger partial charge in [0.15, 0.2) is 0 Å². The summed E-state index contributed by atoms with van der Waals surface area (Å²) in [4.78, 5) is 27.4. The van der Waals surface area contributed by atoms with E-state index in [1.54, 1.807) is 30.3 Å². The molecule has 0 bridgehead atoms. The molecule has 1 fully saturated rings. The number of hydrogen-bond acceptors (Lipinski definition) is 3. The molecule has 31 heavy (non-hydrogen) atoms. The number of nitrogens with zero attached hydrogens (tertiary/aromatic N) is 1. The van der Waals surface area contributed by atoms with Gasteiger partial charge >= 0.3 is 6.18 Å². The van der Waals surface area contributed by atoms with Gasteiger partial charge in [0, 0.05) is 30.6 Å². The lowest BCUT2D eigenvalue weighted by Crippen LogP contribution is -2.39. The zero-order valence-corrected chi connectivity index (χ0v) is 17.6. The molecule has 0 aromatic heterocycles. The lowest BCUT2D eigenvalue weighted by molar-refractivity contribution is -0.137. The summed E-state index contributed by atoms with van der Waals surface area (Å²) in [6.45, 7) is 3.89. The van der Waals surface area contributed by atoms with Crippen LogP contribution in [0.1, 0.15) is 41.3 Å². The molecule has 2 aromatic carbocycles. The minimum Gasteiger partial charge on any atom is -0.497 e. The topological polar surface area (TPSA) is 58.6 Å². The molecule has 3 rings (SSSR count). The zero-order chi connectivity index (χ0) is 22.8. The minimum absolute atomic E-state index is 0.121. The number of carbonyl (C=O) groups excluding carboxylic acids is 2. The van der Waals surface area contributed by atoms with Crippen LogP contribution in [0.2, 0.25) is 0 Å². The van der Waals surface area contributed by atoms with E-state index in [-0.39, 0.29) is 30.9 Å². The highest BCUT2D eigenvalue weighted by Crippen LogP contribution is 2.37. The third-order valence-corrected chi connectivity index (χ3v) is 5.33. The maximum atomic E-state index is 13.2. The van der Waals surface area contributed by atoms with Gasteiger partial charge in [-0.1, -0.05) is 24.3 Å². The van der Waals surface area contributed by atoms with Crippen LogP contribution < -0.4 is 10.1 Å². The van der Waals surface area contributed by atoms with Crippen LogP contribution in [-0.2, 0) is 11.0 Å². The van der Waals surface area contributed by atoms with Crippen LogP contribution in [0.3, 0.4) is 0 Å². The Morgan fingerprint density at radius 1 is 1.10 bits per heavy atom. The molecule has 0 aliphatic carbocycles. The fourth-order valence-corrected chi connectivity index (χ4v) is 3.85. The minimum atomic E-state index is -4.49. The Bertz CT molecular complexity index is 959. The molecule has 1 aliphatic heterocycles. The third-order valence-electron chi connectivity index (χ3n) is 5.33. The number of rotatable bonds is 5. The summed E-state index contributed by atoms with van der Waals surface area (Å²) in [5.74, 6) is -1.25. The second-order valence-electron chi connectivity index (χ2n) is 7.94. The van der Waals surface area contributed by atoms with Crippen LogP contribution in [-0.4, -0.2) is 43.0 Å². The van der Waals surface area contributed by atoms with Crippen molar-refractivity contribution in [2.24, 2.45) is 5.92 Å². The molecule has 166 valence electrons. The molecule has 1 N–H and O–H groups in total. The lowest BCUT2D eigenvalue weighted by atomic mass is 9.87. The second-order valence-corrected chi connectivity index (χ2v) is 7.94. The Balaban J connectivity index is 1.92. The SMILES string of the molecule is COc1cccc(C(=O)N2C[C@H](C(=O)NC(C)C)[C@H](c3cccc(C(F)(F)F)c3)C2)c1. The molecule has 1 saturated heterocycles. The van der Waals surface area contributed by atoms with E-state index in [4.69, 9.17) is 4.74 Å². The van der Waals surface area contributed by atoms with Crippen molar-refractivity contribution in [2.45, 2.75) is 32.0 Å². The van der Waals surface area contributed by atoms with Gasteiger partial charge in [0.25, 0.3) is 5.91 Å². The van der Waals surface area contributed by atoms with Crippen LogP contribution in [0.5, 0.6) is 5.75 Å². The van der Waals surface area contributed by atoms with E-state index in [0.29, 0.717) is 16.9 Å². The summed E-state index contributed by atoms with van der Waals surface area (Å²) in [6.07, 6.45) is -4.49. The van der Waals surface area contributed by atoms with Gasteiger partial charge in [-0.15, -0.1) is 0 Å². The van der Waals surface area contributed by atoms with Crippen molar-refractivity contribution >= 4 is 11.8 Å². The summed E-state index contributed by atoms with van der Waals surface area (Å²) in [5.41, 5.74) is 0.0114. The number of nitrogens with one attached hydrogen (secondary N) is 1. The van der Waals surface area contributed by atoms with Crippen molar-refractivity contribution in [2.75, 3.05) is 20.2 Å². The van der Waals surface area contributed by atoms with Gasteiger partial charge in [0.05, 0.1) is 18.6 Å². The van der Waals surface area contributed by atoms with Gasteiger partial charge < -0.3 is 15.0 Å². The first-order valence-electron chi connectivity index (χ1n) is 10.0. The number of methoxy groups -OCH3 is 1. The van der Waals surface area contributed by atoms with Crippen molar-refractivity contribution in [1.82, 2.24) is 10.2 Å². The fourth-order valence-electron chi connectivity index (χ4n) is 3.85. The zero-order valence-electron chi connectivity index (χ0n) is 17.6. The van der Waals surface area contributed by atoms with Crippen molar-refractivity contribution in [3.05, 3.63) is 65.2 Å². The number of likely N-dealkylation sites (tertiary alicyclic amines) is 1. The van der Waals surface area contributed by atoms with Crippen LogP contribution in [0.15, 0.2) is 48.5 Å². The molecular formula is C23H25F3N2O3. The molecule has 2 amide bonds. The second kappa shape index (κ2) is 8.99. The highest BCUT2D eigenvalue weighted by atomic mass is 19.4. The molecule has 8 heteroatoms. The first kappa shape index (κ1) is 22.7. The van der Waals surface area contributed by atoms with E-state index < -0.39 is 23.6 Å². The van der Waals surface area contributed by atoms with Gasteiger partial charge in [-0.25, -0.2) is 0 Å². The number of hydrogen-bond donors (Lipinski definition) is 1. The average Bonchev–Trinajstić information content (AvgIpc) is 3.18. The van der Waals surface area contributed by atoms with E-state index >= 15 is 0 Å². The lowest BCUT2D eigenvalue weighted by Gasteiger charge is -2.20. The quantitative estimate of drug-likeness (QED) is 0.771. The molecule has 2 atom stereocenters. The Morgan fingerprint density at radius 3 is 2.45 bits per heavy atom. The molecule has 5 nitrogen and oxygen atoms in total. The Morgan fingerprint density at radius 2 is 1.81 bits per heavy atom. The average molecular weight is 434 g/mol. The number of halogens is 3. The predicted octanol–water partition coefficient (Wildman–Crippen LogP) is 4.09. The molecule has 1 heterocycles. The number of carbonyl (C=O) groups is 2. The van der Waals surface area contributed by atoms with Crippen LogP contribution in [0, 0.1) is 5.92 Å². The van der Waals surface area contributed by atoms with E-state index in [1.165, 1.54) is 18.1 Å². The van der Waals surface area contributed by atoms with Crippen LogP contribution in [0.4, 0.5) is 13.2 Å². The molecule has 0 spiro atoms. The summed E-state index contributed by atoms with van der Waals surface area (Å²) >= 11 is 0. The van der Waals surface area contributed by atoms with Crippen molar-refractivity contribution < 1.29 is 27.5 Å². The standard InChI is InChI=1S/C23H25F3N2O3/c1-14(2)27-21(29)20-13-28(22(30)16-7-5-9-18(11-16)31-3)12-19(20)15-6-4-8-17(10-15)23(24,25)26/h4-11,14,19-20H,12-13H2,1-3H3,(H,27,29)/t19-,20-/m0/s1. The van der Waals surface area contributed by atoms with Gasteiger partial charge in [0.1, 0.15) is 5.75 Å². The summed E-state index contributed by atoms with van der Waals surface area (Å²) in [5, 5.41) is 2.83. The highest BCUT2D eigenvalue weighted by molar-refractivity contribution is 5.95. The molecule has 0 radical (unpaired) electrons. The normalized spacial score (nSPS) is 18.9. The van der Waals surface area contributed by atoms with E-state index in [9.17, 15) is 22.8 Å². The smallest absolute Gasteiger partial charge is 0.416 e. The van der Waals surface area contributed by atoms with Crippen LogP contribution >= 0.6 is 0 Å². The molecule has 0 unspecified atom stereocenters. The maximum absolute atomic E-state index is 13.2. The summed E-state index contributed by atoms with van der Waals surface area (Å²) < 4.78 is 44.8. The number of benzene rings is 2. The first-order chi connectivity index (χ1) is 14.6. The monoisotopic (exact) mass is 434 g/mol. The van der Waals surface area contributed by atoms with Crippen molar-refractivity contribution in [1.29, 1.82) is 0 Å². The number of amides is 2. The maximum Gasteiger partial charge on any atom is 0.416 e. The molecule has 1 aliphatic rings. The molecular weight excluding hydrogens is 409 g/mol. The van der Waals surface area contributed by atoms with Crippen LogP contribution in [0.25, 0.3) is 0 Å². The van der Waals surface area contributed by atoms with E-state index in [1.807, 2.05) is 13.8 Å². The van der Waals surface area contributed by atoms with Gasteiger partial charge in [-0.2, -0.15) is 13.2 Å². The Hall–Kier alpha value is -3.03. The van der Waals surface area contributed by atoms with Gasteiger partial charge in [0.2, 0.25) is 5.91 Å².